The lowest BCUT2D eigenvalue weighted by Gasteiger charge is -2.08. The van der Waals surface area contributed by atoms with Gasteiger partial charge in [-0.1, -0.05) is 0 Å². The Hall–Kier alpha value is -2.88. The average molecular weight is 379 g/mol. The van der Waals surface area contributed by atoms with Gasteiger partial charge in [-0.25, -0.2) is 13.8 Å². The molecule has 136 valence electrons. The Morgan fingerprint density at radius 3 is 2.58 bits per heavy atom. The quantitative estimate of drug-likeness (QED) is 0.727. The first kappa shape index (κ1) is 17.9. The summed E-state index contributed by atoms with van der Waals surface area (Å²) in [6, 6.07) is 1.23. The van der Waals surface area contributed by atoms with Gasteiger partial charge in [-0.05, 0) is 25.5 Å². The van der Waals surface area contributed by atoms with Crippen molar-refractivity contribution in [2.75, 3.05) is 5.32 Å². The number of amides is 2. The minimum atomic E-state index is -2.74. The van der Waals surface area contributed by atoms with Gasteiger partial charge >= 0.3 is 0 Å². The third-order valence-corrected chi connectivity index (χ3v) is 4.92. The molecule has 0 saturated carbocycles. The van der Waals surface area contributed by atoms with Gasteiger partial charge in [-0.15, -0.1) is 11.3 Å². The fraction of sp³-hybridized carbons (Fsp3) is 0.250. The minimum absolute atomic E-state index is 0.0527. The lowest BCUT2D eigenvalue weighted by Crippen LogP contribution is -2.17. The second-order valence-corrected chi connectivity index (χ2v) is 6.77. The Kier molecular flexibility index (Phi) is 4.45. The molecule has 10 heteroatoms. The van der Waals surface area contributed by atoms with Crippen LogP contribution in [0, 0.1) is 13.8 Å². The van der Waals surface area contributed by atoms with Crippen LogP contribution in [0.4, 0.5) is 14.5 Å². The molecule has 0 aliphatic carbocycles. The molecular formula is C16H15F2N5O2S. The number of hydrogen-bond acceptors (Lipinski definition) is 5. The standard InChI is InChI=1S/C16H15F2N5O2S/c1-6-4-9(13(17)18)20-16-10(6)11(12(26-16)14(19)24)21-15(25)8-5-23(3)22-7(8)2/h4-5,13H,1-3H3,(H2,19,24)(H,21,25). The van der Waals surface area contributed by atoms with Crippen molar-refractivity contribution in [3.8, 4) is 0 Å². The minimum Gasteiger partial charge on any atom is -0.365 e. The maximum Gasteiger partial charge on any atom is 0.280 e. The van der Waals surface area contributed by atoms with Crippen LogP contribution in [0.1, 0.15) is 43.4 Å². The summed E-state index contributed by atoms with van der Waals surface area (Å²) in [5.41, 5.74) is 6.49. The first-order valence-electron chi connectivity index (χ1n) is 7.52. The number of alkyl halides is 2. The van der Waals surface area contributed by atoms with Gasteiger partial charge in [-0.3, -0.25) is 14.3 Å². The number of aryl methyl sites for hydroxylation is 3. The van der Waals surface area contributed by atoms with Crippen LogP contribution < -0.4 is 11.1 Å². The first-order valence-corrected chi connectivity index (χ1v) is 8.34. The fourth-order valence-electron chi connectivity index (χ4n) is 2.72. The normalized spacial score (nSPS) is 11.3. The summed E-state index contributed by atoms with van der Waals surface area (Å²) >= 11 is 0.870. The highest BCUT2D eigenvalue weighted by molar-refractivity contribution is 7.21. The predicted molar refractivity (Wildman–Crippen MR) is 93.7 cm³/mol. The highest BCUT2D eigenvalue weighted by atomic mass is 32.1. The lowest BCUT2D eigenvalue weighted by atomic mass is 10.1. The van der Waals surface area contributed by atoms with Gasteiger partial charge in [0.25, 0.3) is 18.2 Å². The summed E-state index contributed by atoms with van der Waals surface area (Å²) in [7, 11) is 1.68. The van der Waals surface area contributed by atoms with Crippen molar-refractivity contribution in [2.24, 2.45) is 12.8 Å². The number of hydrogen-bond donors (Lipinski definition) is 2. The number of carbonyl (C=O) groups excluding carboxylic acids is 2. The summed E-state index contributed by atoms with van der Waals surface area (Å²) in [4.78, 5) is 28.6. The Morgan fingerprint density at radius 2 is 2.04 bits per heavy atom. The maximum absolute atomic E-state index is 13.0. The molecule has 0 aliphatic heterocycles. The van der Waals surface area contributed by atoms with Crippen LogP contribution in [0.25, 0.3) is 10.2 Å². The molecule has 0 aliphatic rings. The van der Waals surface area contributed by atoms with Crippen molar-refractivity contribution >= 4 is 39.1 Å². The number of primary amides is 1. The molecule has 0 saturated heterocycles. The molecular weight excluding hydrogens is 364 g/mol. The fourth-order valence-corrected chi connectivity index (χ4v) is 3.78. The Morgan fingerprint density at radius 1 is 1.35 bits per heavy atom. The van der Waals surface area contributed by atoms with E-state index in [-0.39, 0.29) is 15.4 Å². The number of pyridine rings is 1. The van der Waals surface area contributed by atoms with Gasteiger partial charge in [-0.2, -0.15) is 5.10 Å². The van der Waals surface area contributed by atoms with Crippen LogP contribution in [0.3, 0.4) is 0 Å². The van der Waals surface area contributed by atoms with E-state index in [4.69, 9.17) is 5.73 Å². The Bertz CT molecular complexity index is 1040. The van der Waals surface area contributed by atoms with Gasteiger partial charge in [0.1, 0.15) is 15.4 Å². The predicted octanol–water partition coefficient (Wildman–Crippen LogP) is 2.94. The van der Waals surface area contributed by atoms with E-state index in [0.717, 1.165) is 11.3 Å². The molecule has 0 bridgehead atoms. The highest BCUT2D eigenvalue weighted by Crippen LogP contribution is 2.38. The van der Waals surface area contributed by atoms with Crippen LogP contribution in [-0.4, -0.2) is 26.6 Å². The maximum atomic E-state index is 13.0. The van der Waals surface area contributed by atoms with Crippen molar-refractivity contribution < 1.29 is 18.4 Å². The van der Waals surface area contributed by atoms with Crippen LogP contribution in [0.15, 0.2) is 12.3 Å². The molecule has 0 spiro atoms. The number of nitrogens with two attached hydrogens (primary N) is 1. The molecule has 3 N–H and O–H groups in total. The van der Waals surface area contributed by atoms with Crippen molar-refractivity contribution in [1.82, 2.24) is 14.8 Å². The monoisotopic (exact) mass is 379 g/mol. The Balaban J connectivity index is 2.14. The van der Waals surface area contributed by atoms with E-state index in [2.05, 4.69) is 15.4 Å². The van der Waals surface area contributed by atoms with Gasteiger partial charge in [0, 0.05) is 18.6 Å². The first-order chi connectivity index (χ1) is 12.2. The molecule has 0 radical (unpaired) electrons. The lowest BCUT2D eigenvalue weighted by molar-refractivity contribution is 0.100. The van der Waals surface area contributed by atoms with Crippen LogP contribution >= 0.6 is 11.3 Å². The van der Waals surface area contributed by atoms with Crippen molar-refractivity contribution in [3.63, 3.8) is 0 Å². The second kappa shape index (κ2) is 6.45. The van der Waals surface area contributed by atoms with Crippen molar-refractivity contribution in [1.29, 1.82) is 0 Å². The number of anilines is 1. The molecule has 3 heterocycles. The highest BCUT2D eigenvalue weighted by Gasteiger charge is 2.24. The zero-order valence-corrected chi connectivity index (χ0v) is 14.9. The number of aromatic nitrogens is 3. The summed E-state index contributed by atoms with van der Waals surface area (Å²) in [6.07, 6.45) is -1.20. The number of nitrogens with one attached hydrogen (secondary N) is 1. The van der Waals surface area contributed by atoms with Gasteiger partial charge < -0.3 is 11.1 Å². The van der Waals surface area contributed by atoms with E-state index < -0.39 is 23.9 Å². The number of nitrogens with zero attached hydrogens (tertiary/aromatic N) is 3. The Labute approximate surface area is 150 Å². The van der Waals surface area contributed by atoms with E-state index in [0.29, 0.717) is 22.2 Å². The van der Waals surface area contributed by atoms with Crippen LogP contribution in [0.2, 0.25) is 0 Å². The zero-order chi connectivity index (χ0) is 19.2. The third kappa shape index (κ3) is 3.03. The van der Waals surface area contributed by atoms with Crippen LogP contribution in [-0.2, 0) is 7.05 Å². The molecule has 0 fully saturated rings. The summed E-state index contributed by atoms with van der Waals surface area (Å²) < 4.78 is 27.5. The van der Waals surface area contributed by atoms with Crippen LogP contribution in [0.5, 0.6) is 0 Å². The molecule has 2 amide bonds. The van der Waals surface area contributed by atoms with E-state index in [1.54, 1.807) is 27.1 Å². The summed E-state index contributed by atoms with van der Waals surface area (Å²) in [6.45, 7) is 3.29. The van der Waals surface area contributed by atoms with Gasteiger partial charge in [0.15, 0.2) is 0 Å². The van der Waals surface area contributed by atoms with Crippen molar-refractivity contribution in [2.45, 2.75) is 20.3 Å². The van der Waals surface area contributed by atoms with Crippen molar-refractivity contribution in [3.05, 3.63) is 39.7 Å². The molecule has 3 rings (SSSR count). The number of thiophene rings is 1. The number of rotatable bonds is 4. The molecule has 0 aromatic carbocycles. The smallest absolute Gasteiger partial charge is 0.280 e. The summed E-state index contributed by atoms with van der Waals surface area (Å²) in [5, 5.41) is 7.19. The van der Waals surface area contributed by atoms with Gasteiger partial charge in [0.05, 0.1) is 16.9 Å². The topological polar surface area (TPSA) is 103 Å². The SMILES string of the molecule is Cc1nn(C)cc1C(=O)Nc1c(C(N)=O)sc2nc(C(F)F)cc(C)c12. The van der Waals surface area contributed by atoms with E-state index in [1.807, 2.05) is 0 Å². The molecule has 7 nitrogen and oxygen atoms in total. The molecule has 0 atom stereocenters. The molecule has 0 unspecified atom stereocenters. The molecule has 26 heavy (non-hydrogen) atoms. The number of fused-ring (bicyclic) bond motifs is 1. The molecule has 3 aromatic heterocycles. The summed E-state index contributed by atoms with van der Waals surface area (Å²) in [5.74, 6) is -1.25. The third-order valence-electron chi connectivity index (χ3n) is 3.82. The second-order valence-electron chi connectivity index (χ2n) is 5.77. The average Bonchev–Trinajstić information content (AvgIpc) is 3.07. The van der Waals surface area contributed by atoms with E-state index >= 15 is 0 Å². The number of halogens is 2. The largest absolute Gasteiger partial charge is 0.365 e. The van der Waals surface area contributed by atoms with Gasteiger partial charge in [0.2, 0.25) is 0 Å². The zero-order valence-electron chi connectivity index (χ0n) is 14.1. The van der Waals surface area contributed by atoms with E-state index in [9.17, 15) is 18.4 Å². The van der Waals surface area contributed by atoms with E-state index in [1.165, 1.54) is 10.7 Å². The number of carbonyl (C=O) groups is 2. The molecule has 3 aromatic rings.